The van der Waals surface area contributed by atoms with Crippen LogP contribution in [0.5, 0.6) is 5.75 Å². The SMILES string of the molecule is COc1ccsc1C(=O)NCCC(C)CCC(=O)O. The minimum Gasteiger partial charge on any atom is -0.495 e. The third-order valence-electron chi connectivity index (χ3n) is 2.83. The molecular weight excluding hydrogens is 266 g/mol. The zero-order valence-electron chi connectivity index (χ0n) is 11.1. The van der Waals surface area contributed by atoms with Gasteiger partial charge in [-0.1, -0.05) is 6.92 Å². The van der Waals surface area contributed by atoms with Gasteiger partial charge in [0.25, 0.3) is 5.91 Å². The van der Waals surface area contributed by atoms with E-state index in [1.54, 1.807) is 6.07 Å². The molecule has 0 saturated carbocycles. The molecule has 0 aliphatic rings. The van der Waals surface area contributed by atoms with E-state index in [1.165, 1.54) is 18.4 Å². The molecule has 0 radical (unpaired) electrons. The molecule has 0 bridgehead atoms. The van der Waals surface area contributed by atoms with E-state index in [9.17, 15) is 9.59 Å². The lowest BCUT2D eigenvalue weighted by molar-refractivity contribution is -0.137. The number of nitrogens with one attached hydrogen (secondary N) is 1. The van der Waals surface area contributed by atoms with Crippen molar-refractivity contribution >= 4 is 23.2 Å². The molecule has 0 aromatic carbocycles. The normalized spacial score (nSPS) is 11.9. The maximum atomic E-state index is 11.9. The number of carboxylic acid groups (broad SMARTS) is 1. The lowest BCUT2D eigenvalue weighted by atomic mass is 10.0. The molecule has 0 fully saturated rings. The van der Waals surface area contributed by atoms with Crippen molar-refractivity contribution in [3.8, 4) is 5.75 Å². The van der Waals surface area contributed by atoms with E-state index in [0.717, 1.165) is 6.42 Å². The zero-order valence-corrected chi connectivity index (χ0v) is 12.0. The van der Waals surface area contributed by atoms with Gasteiger partial charge in [0.05, 0.1) is 7.11 Å². The third-order valence-corrected chi connectivity index (χ3v) is 3.72. The number of thiophene rings is 1. The Bertz CT molecular complexity index is 430. The lowest BCUT2D eigenvalue weighted by Crippen LogP contribution is -2.25. The van der Waals surface area contributed by atoms with E-state index < -0.39 is 5.97 Å². The summed E-state index contributed by atoms with van der Waals surface area (Å²) in [6, 6.07) is 1.76. The Labute approximate surface area is 116 Å². The van der Waals surface area contributed by atoms with E-state index in [0.29, 0.717) is 23.6 Å². The Morgan fingerprint density at radius 2 is 2.21 bits per heavy atom. The fourth-order valence-electron chi connectivity index (χ4n) is 1.65. The number of hydrogen-bond donors (Lipinski definition) is 2. The van der Waals surface area contributed by atoms with Crippen molar-refractivity contribution in [1.82, 2.24) is 5.32 Å². The summed E-state index contributed by atoms with van der Waals surface area (Å²) in [6.45, 7) is 2.53. The number of methoxy groups -OCH3 is 1. The number of carbonyl (C=O) groups is 2. The highest BCUT2D eigenvalue weighted by Crippen LogP contribution is 2.24. The number of amides is 1. The predicted molar refractivity (Wildman–Crippen MR) is 73.9 cm³/mol. The van der Waals surface area contributed by atoms with Gasteiger partial charge >= 0.3 is 5.97 Å². The number of rotatable bonds is 8. The minimum absolute atomic E-state index is 0.141. The first-order valence-electron chi connectivity index (χ1n) is 6.16. The van der Waals surface area contributed by atoms with Gasteiger partial charge in [-0.3, -0.25) is 9.59 Å². The van der Waals surface area contributed by atoms with Crippen molar-refractivity contribution in [2.45, 2.75) is 26.2 Å². The van der Waals surface area contributed by atoms with E-state index >= 15 is 0 Å². The summed E-state index contributed by atoms with van der Waals surface area (Å²) in [5.74, 6) is -0.0560. The minimum atomic E-state index is -0.779. The first-order valence-corrected chi connectivity index (χ1v) is 7.04. The molecule has 1 rings (SSSR count). The molecular formula is C13H19NO4S. The second-order valence-corrected chi connectivity index (χ2v) is 5.32. The fraction of sp³-hybridized carbons (Fsp3) is 0.538. The van der Waals surface area contributed by atoms with Gasteiger partial charge in [-0.25, -0.2) is 0 Å². The van der Waals surface area contributed by atoms with Crippen LogP contribution in [0, 0.1) is 5.92 Å². The summed E-state index contributed by atoms with van der Waals surface area (Å²) in [5.41, 5.74) is 0. The van der Waals surface area contributed by atoms with E-state index in [1.807, 2.05) is 12.3 Å². The Kier molecular flexibility index (Phi) is 6.35. The van der Waals surface area contributed by atoms with Crippen LogP contribution in [0.4, 0.5) is 0 Å². The van der Waals surface area contributed by atoms with Crippen molar-refractivity contribution < 1.29 is 19.4 Å². The zero-order chi connectivity index (χ0) is 14.3. The van der Waals surface area contributed by atoms with Crippen LogP contribution in [-0.4, -0.2) is 30.6 Å². The molecule has 1 unspecified atom stereocenters. The van der Waals surface area contributed by atoms with E-state index in [2.05, 4.69) is 5.32 Å². The van der Waals surface area contributed by atoms with Crippen LogP contribution in [0.25, 0.3) is 0 Å². The molecule has 6 heteroatoms. The van der Waals surface area contributed by atoms with Crippen molar-refractivity contribution in [3.05, 3.63) is 16.3 Å². The lowest BCUT2D eigenvalue weighted by Gasteiger charge is -2.10. The summed E-state index contributed by atoms with van der Waals surface area (Å²) in [5, 5.41) is 13.2. The Morgan fingerprint density at radius 3 is 2.84 bits per heavy atom. The molecule has 0 aliphatic carbocycles. The molecule has 1 amide bonds. The van der Waals surface area contributed by atoms with Crippen molar-refractivity contribution in [3.63, 3.8) is 0 Å². The molecule has 5 nitrogen and oxygen atoms in total. The van der Waals surface area contributed by atoms with Crippen LogP contribution in [0.2, 0.25) is 0 Å². The van der Waals surface area contributed by atoms with Gasteiger partial charge in [0.15, 0.2) is 0 Å². The molecule has 2 N–H and O–H groups in total. The number of aliphatic carboxylic acids is 1. The largest absolute Gasteiger partial charge is 0.495 e. The number of ether oxygens (including phenoxy) is 1. The number of carboxylic acids is 1. The predicted octanol–water partition coefficient (Wildman–Crippen LogP) is 2.38. The Hall–Kier alpha value is -1.56. The second-order valence-electron chi connectivity index (χ2n) is 4.40. The van der Waals surface area contributed by atoms with Crippen LogP contribution in [0.15, 0.2) is 11.4 Å². The van der Waals surface area contributed by atoms with Crippen LogP contribution >= 0.6 is 11.3 Å². The smallest absolute Gasteiger partial charge is 0.303 e. The van der Waals surface area contributed by atoms with Crippen LogP contribution in [0.3, 0.4) is 0 Å². The highest BCUT2D eigenvalue weighted by molar-refractivity contribution is 7.12. The van der Waals surface area contributed by atoms with Crippen LogP contribution < -0.4 is 10.1 Å². The molecule has 1 aromatic rings. The topological polar surface area (TPSA) is 75.6 Å². The van der Waals surface area contributed by atoms with Crippen LogP contribution in [-0.2, 0) is 4.79 Å². The average Bonchev–Trinajstić information content (AvgIpc) is 2.84. The maximum absolute atomic E-state index is 11.9. The molecule has 106 valence electrons. The third kappa shape index (κ3) is 5.30. The first kappa shape index (κ1) is 15.5. The summed E-state index contributed by atoms with van der Waals surface area (Å²) in [6.07, 6.45) is 1.58. The summed E-state index contributed by atoms with van der Waals surface area (Å²) >= 11 is 1.34. The van der Waals surface area contributed by atoms with Crippen molar-refractivity contribution in [1.29, 1.82) is 0 Å². The van der Waals surface area contributed by atoms with E-state index in [-0.39, 0.29) is 18.2 Å². The summed E-state index contributed by atoms with van der Waals surface area (Å²) in [4.78, 5) is 22.9. The number of hydrogen-bond acceptors (Lipinski definition) is 4. The molecule has 19 heavy (non-hydrogen) atoms. The van der Waals surface area contributed by atoms with Gasteiger partial charge < -0.3 is 15.2 Å². The molecule has 1 heterocycles. The number of carbonyl (C=O) groups excluding carboxylic acids is 1. The van der Waals surface area contributed by atoms with Gasteiger partial charge in [-0.05, 0) is 30.2 Å². The Morgan fingerprint density at radius 1 is 1.47 bits per heavy atom. The monoisotopic (exact) mass is 285 g/mol. The van der Waals surface area contributed by atoms with E-state index in [4.69, 9.17) is 9.84 Å². The Balaban J connectivity index is 2.29. The van der Waals surface area contributed by atoms with Gasteiger partial charge in [-0.2, -0.15) is 0 Å². The fourth-order valence-corrected chi connectivity index (χ4v) is 2.42. The maximum Gasteiger partial charge on any atom is 0.303 e. The van der Waals surface area contributed by atoms with Crippen molar-refractivity contribution in [2.75, 3.05) is 13.7 Å². The molecule has 1 atom stereocenters. The molecule has 0 aliphatic heterocycles. The molecule has 0 saturated heterocycles. The summed E-state index contributed by atoms with van der Waals surface area (Å²) in [7, 11) is 1.53. The van der Waals surface area contributed by atoms with Gasteiger partial charge in [0.1, 0.15) is 10.6 Å². The highest BCUT2D eigenvalue weighted by Gasteiger charge is 2.13. The summed E-state index contributed by atoms with van der Waals surface area (Å²) < 4.78 is 5.08. The highest BCUT2D eigenvalue weighted by atomic mass is 32.1. The van der Waals surface area contributed by atoms with Gasteiger partial charge in [0.2, 0.25) is 0 Å². The quantitative estimate of drug-likeness (QED) is 0.769. The second kappa shape index (κ2) is 7.78. The molecule has 0 spiro atoms. The van der Waals surface area contributed by atoms with Crippen LogP contribution in [0.1, 0.15) is 35.9 Å². The van der Waals surface area contributed by atoms with Gasteiger partial charge in [0, 0.05) is 13.0 Å². The first-order chi connectivity index (χ1) is 9.04. The average molecular weight is 285 g/mol. The molecule has 1 aromatic heterocycles. The van der Waals surface area contributed by atoms with Crippen molar-refractivity contribution in [2.24, 2.45) is 5.92 Å². The standard InChI is InChI=1S/C13H19NO4S/c1-9(3-4-11(15)16)5-7-14-13(17)12-10(18-2)6-8-19-12/h6,8-9H,3-5,7H2,1-2H3,(H,14,17)(H,15,16). The van der Waals surface area contributed by atoms with Gasteiger partial charge in [-0.15, -0.1) is 11.3 Å².